The first-order valence-corrected chi connectivity index (χ1v) is 10.6. The van der Waals surface area contributed by atoms with Crippen LogP contribution in [0.3, 0.4) is 0 Å². The molecule has 1 aromatic carbocycles. The minimum absolute atomic E-state index is 0.140. The van der Waals surface area contributed by atoms with E-state index >= 15 is 0 Å². The molecule has 0 saturated carbocycles. The highest BCUT2D eigenvalue weighted by molar-refractivity contribution is 7.15. The van der Waals surface area contributed by atoms with Crippen molar-refractivity contribution in [2.75, 3.05) is 30.4 Å². The number of rotatable bonds is 5. The minimum atomic E-state index is -0.382. The lowest BCUT2D eigenvalue weighted by Gasteiger charge is -2.26. The molecule has 1 unspecified atom stereocenters. The molecule has 154 valence electrons. The molecule has 8 nitrogen and oxygen atoms in total. The van der Waals surface area contributed by atoms with Crippen molar-refractivity contribution in [2.24, 2.45) is 0 Å². The number of fused-ring (bicyclic) bond motifs is 1. The molecule has 4 rings (SSSR count). The van der Waals surface area contributed by atoms with Crippen molar-refractivity contribution in [3.05, 3.63) is 34.8 Å². The third-order valence-electron chi connectivity index (χ3n) is 4.89. The smallest absolute Gasteiger partial charge is 0.322 e. The van der Waals surface area contributed by atoms with Crippen molar-refractivity contribution in [1.82, 2.24) is 9.88 Å². The number of benzene rings is 1. The molecular formula is C20H24N4O4S. The molecule has 2 aliphatic rings. The SMILES string of the molecule is CCOc1ccc(NC(=O)N2CCc3nc(NC(=O)C4CCCO4)sc3C2)cc1. The lowest BCUT2D eigenvalue weighted by atomic mass is 10.2. The molecule has 3 heterocycles. The summed E-state index contributed by atoms with van der Waals surface area (Å²) in [6, 6.07) is 7.16. The number of carbonyl (C=O) groups is 2. The molecule has 2 N–H and O–H groups in total. The van der Waals surface area contributed by atoms with Gasteiger partial charge < -0.3 is 19.7 Å². The predicted molar refractivity (Wildman–Crippen MR) is 110 cm³/mol. The van der Waals surface area contributed by atoms with E-state index in [1.165, 1.54) is 11.3 Å². The zero-order valence-electron chi connectivity index (χ0n) is 16.3. The van der Waals surface area contributed by atoms with E-state index in [4.69, 9.17) is 9.47 Å². The van der Waals surface area contributed by atoms with E-state index in [0.29, 0.717) is 37.9 Å². The molecule has 29 heavy (non-hydrogen) atoms. The highest BCUT2D eigenvalue weighted by Crippen LogP contribution is 2.29. The van der Waals surface area contributed by atoms with Gasteiger partial charge in [0.25, 0.3) is 5.91 Å². The van der Waals surface area contributed by atoms with E-state index in [-0.39, 0.29) is 18.0 Å². The number of hydrogen-bond acceptors (Lipinski definition) is 6. The maximum atomic E-state index is 12.6. The van der Waals surface area contributed by atoms with Crippen LogP contribution in [0.2, 0.25) is 0 Å². The summed E-state index contributed by atoms with van der Waals surface area (Å²) in [5.41, 5.74) is 1.67. The fourth-order valence-electron chi connectivity index (χ4n) is 3.40. The molecule has 1 saturated heterocycles. The van der Waals surface area contributed by atoms with Crippen molar-refractivity contribution in [3.63, 3.8) is 0 Å². The molecule has 9 heteroatoms. The zero-order valence-corrected chi connectivity index (χ0v) is 17.1. The van der Waals surface area contributed by atoms with Crippen LogP contribution in [-0.4, -0.2) is 47.7 Å². The van der Waals surface area contributed by atoms with Crippen LogP contribution in [0.4, 0.5) is 15.6 Å². The minimum Gasteiger partial charge on any atom is -0.494 e. The Morgan fingerprint density at radius 3 is 2.86 bits per heavy atom. The first-order valence-electron chi connectivity index (χ1n) is 9.82. The van der Waals surface area contributed by atoms with Crippen molar-refractivity contribution in [1.29, 1.82) is 0 Å². The second-order valence-electron chi connectivity index (χ2n) is 6.94. The fraction of sp³-hybridized carbons (Fsp3) is 0.450. The normalized spacial score (nSPS) is 18.2. The average Bonchev–Trinajstić information content (AvgIpc) is 3.38. The molecule has 3 amide bonds. The number of anilines is 2. The quantitative estimate of drug-likeness (QED) is 0.781. The van der Waals surface area contributed by atoms with E-state index in [1.807, 2.05) is 31.2 Å². The lowest BCUT2D eigenvalue weighted by molar-refractivity contribution is -0.124. The van der Waals surface area contributed by atoms with E-state index in [1.54, 1.807) is 4.90 Å². The third kappa shape index (κ3) is 4.68. The summed E-state index contributed by atoms with van der Waals surface area (Å²) in [6.45, 7) is 4.22. The van der Waals surface area contributed by atoms with Crippen LogP contribution in [-0.2, 0) is 22.5 Å². The maximum Gasteiger partial charge on any atom is 0.322 e. The van der Waals surface area contributed by atoms with Gasteiger partial charge in [0.1, 0.15) is 11.9 Å². The van der Waals surface area contributed by atoms with Gasteiger partial charge in [-0.1, -0.05) is 11.3 Å². The van der Waals surface area contributed by atoms with Gasteiger partial charge in [0, 0.05) is 30.1 Å². The molecule has 0 bridgehead atoms. The van der Waals surface area contributed by atoms with Gasteiger partial charge in [-0.2, -0.15) is 0 Å². The highest BCUT2D eigenvalue weighted by Gasteiger charge is 2.27. The number of nitrogens with one attached hydrogen (secondary N) is 2. The van der Waals surface area contributed by atoms with Crippen LogP contribution >= 0.6 is 11.3 Å². The zero-order chi connectivity index (χ0) is 20.2. The monoisotopic (exact) mass is 416 g/mol. The first kappa shape index (κ1) is 19.7. The van der Waals surface area contributed by atoms with E-state index < -0.39 is 0 Å². The van der Waals surface area contributed by atoms with Crippen LogP contribution < -0.4 is 15.4 Å². The largest absolute Gasteiger partial charge is 0.494 e. The molecule has 0 spiro atoms. The van der Waals surface area contributed by atoms with Gasteiger partial charge in [-0.25, -0.2) is 9.78 Å². The number of hydrogen-bond donors (Lipinski definition) is 2. The molecule has 1 fully saturated rings. The number of aromatic nitrogens is 1. The Morgan fingerprint density at radius 1 is 1.31 bits per heavy atom. The third-order valence-corrected chi connectivity index (χ3v) is 5.89. The summed E-state index contributed by atoms with van der Waals surface area (Å²) in [4.78, 5) is 32.1. The Balaban J connectivity index is 1.34. The average molecular weight is 417 g/mol. The molecular weight excluding hydrogens is 392 g/mol. The summed E-state index contributed by atoms with van der Waals surface area (Å²) >= 11 is 1.42. The van der Waals surface area contributed by atoms with Gasteiger partial charge in [0.2, 0.25) is 0 Å². The summed E-state index contributed by atoms with van der Waals surface area (Å²) in [5, 5.41) is 6.34. The number of carbonyl (C=O) groups excluding carboxylic acids is 2. The maximum absolute atomic E-state index is 12.6. The summed E-state index contributed by atoms with van der Waals surface area (Å²) in [7, 11) is 0. The van der Waals surface area contributed by atoms with Gasteiger partial charge in [0.05, 0.1) is 18.8 Å². The van der Waals surface area contributed by atoms with Crippen molar-refractivity contribution in [2.45, 2.75) is 38.8 Å². The van der Waals surface area contributed by atoms with Crippen LogP contribution in [0.25, 0.3) is 0 Å². The molecule has 2 aliphatic heterocycles. The predicted octanol–water partition coefficient (Wildman–Crippen LogP) is 3.25. The van der Waals surface area contributed by atoms with Crippen LogP contribution in [0.15, 0.2) is 24.3 Å². The Bertz CT molecular complexity index is 877. The molecule has 0 aliphatic carbocycles. The van der Waals surface area contributed by atoms with Crippen LogP contribution in [0.1, 0.15) is 30.3 Å². The van der Waals surface area contributed by atoms with Crippen molar-refractivity contribution in [3.8, 4) is 5.75 Å². The number of thiazole rings is 1. The van der Waals surface area contributed by atoms with Gasteiger partial charge >= 0.3 is 6.03 Å². The Kier molecular flexibility index (Phi) is 5.96. The number of ether oxygens (including phenoxy) is 2. The molecule has 1 aromatic heterocycles. The summed E-state index contributed by atoms with van der Waals surface area (Å²) < 4.78 is 10.8. The number of urea groups is 1. The second kappa shape index (κ2) is 8.79. The lowest BCUT2D eigenvalue weighted by Crippen LogP contribution is -2.38. The van der Waals surface area contributed by atoms with Gasteiger partial charge in [-0.15, -0.1) is 0 Å². The Morgan fingerprint density at radius 2 is 2.14 bits per heavy atom. The standard InChI is InChI=1S/C20H24N4O4S/c1-2-27-14-7-5-13(6-8-14)21-20(26)24-10-9-15-17(12-24)29-19(22-15)23-18(25)16-4-3-11-28-16/h5-8,16H,2-4,9-12H2,1H3,(H,21,26)(H,22,23,25). The molecule has 2 aromatic rings. The second-order valence-corrected chi connectivity index (χ2v) is 8.02. The Labute approximate surface area is 173 Å². The van der Waals surface area contributed by atoms with Crippen molar-refractivity contribution >= 4 is 34.1 Å². The Hall–Kier alpha value is -2.65. The van der Waals surface area contributed by atoms with Gasteiger partial charge in [0.15, 0.2) is 5.13 Å². The highest BCUT2D eigenvalue weighted by atomic mass is 32.1. The first-order chi connectivity index (χ1) is 14.1. The summed E-state index contributed by atoms with van der Waals surface area (Å²) in [5.74, 6) is 0.633. The fourth-order valence-corrected chi connectivity index (χ4v) is 4.42. The van der Waals surface area contributed by atoms with E-state index in [0.717, 1.165) is 34.8 Å². The van der Waals surface area contributed by atoms with Crippen molar-refractivity contribution < 1.29 is 19.1 Å². The molecule has 0 radical (unpaired) electrons. The summed E-state index contributed by atoms with van der Waals surface area (Å²) in [6.07, 6.45) is 1.94. The van der Waals surface area contributed by atoms with Crippen LogP contribution in [0.5, 0.6) is 5.75 Å². The molecule has 1 atom stereocenters. The number of nitrogens with zero attached hydrogens (tertiary/aromatic N) is 2. The van der Waals surface area contributed by atoms with E-state index in [2.05, 4.69) is 15.6 Å². The number of amides is 3. The van der Waals surface area contributed by atoms with Gasteiger partial charge in [-0.3, -0.25) is 10.1 Å². The van der Waals surface area contributed by atoms with E-state index in [9.17, 15) is 9.59 Å². The topological polar surface area (TPSA) is 92.8 Å². The van der Waals surface area contributed by atoms with Gasteiger partial charge in [-0.05, 0) is 44.0 Å². The van der Waals surface area contributed by atoms with Crippen LogP contribution in [0, 0.1) is 0 Å².